The lowest BCUT2D eigenvalue weighted by molar-refractivity contribution is 0.0205. The van der Waals surface area contributed by atoms with Gasteiger partial charge in [-0.05, 0) is 118 Å². The van der Waals surface area contributed by atoms with Crippen molar-refractivity contribution in [2.75, 3.05) is 0 Å². The first-order valence-electron chi connectivity index (χ1n) is 20.7. The minimum atomic E-state index is -1.25. The maximum Gasteiger partial charge on any atom is 0.197 e. The average Bonchev–Trinajstić information content (AvgIpc) is 4.02. The zero-order chi connectivity index (χ0) is 42.7. The number of aliphatic hydroxyl groups excluding tert-OH is 1. The molecule has 12 heteroatoms. The molecule has 6 aliphatic rings. The van der Waals surface area contributed by atoms with Crippen LogP contribution in [0.3, 0.4) is 0 Å². The van der Waals surface area contributed by atoms with Crippen LogP contribution in [0.15, 0.2) is 59.7 Å². The van der Waals surface area contributed by atoms with Gasteiger partial charge in [-0.15, -0.1) is 22.7 Å². The lowest BCUT2D eigenvalue weighted by Crippen LogP contribution is -2.40. The standard InChI is InChI=1S/C50H32N4O6S2/c51-21-25-11-31-32(12-26(25)22-52)44(56)37(43(31)55)15-29-17-41-47(61-29)35-20-40-36(19-39(35)49(59-41)7-3-1-4-8-49)48-42(60-50(40)9-5-2-6-10-50)18-30(62-48)16-38-45(57)33-13-27(23-53)28(24-54)14-34(33)46(38)58/h11-20,43,55H,1-10H2/b37-15-. The number of hydrogen-bond donors (Lipinski definition) is 1. The van der Waals surface area contributed by atoms with Gasteiger partial charge in [0.15, 0.2) is 17.3 Å². The smallest absolute Gasteiger partial charge is 0.197 e. The molecule has 2 saturated carbocycles. The summed E-state index contributed by atoms with van der Waals surface area (Å²) in [6.45, 7) is 0. The number of fused-ring (bicyclic) bond motifs is 10. The molecule has 2 aromatic heterocycles. The van der Waals surface area contributed by atoms with E-state index in [1.54, 1.807) is 12.2 Å². The van der Waals surface area contributed by atoms with Crippen LogP contribution >= 0.6 is 22.7 Å². The highest BCUT2D eigenvalue weighted by molar-refractivity contribution is 7.17. The summed E-state index contributed by atoms with van der Waals surface area (Å²) >= 11 is 2.94. The third kappa shape index (κ3) is 5.41. The van der Waals surface area contributed by atoms with Gasteiger partial charge in [-0.2, -0.15) is 21.0 Å². The monoisotopic (exact) mass is 848 g/mol. The molecule has 0 amide bonds. The van der Waals surface area contributed by atoms with E-state index in [4.69, 9.17) is 9.47 Å². The van der Waals surface area contributed by atoms with Gasteiger partial charge in [-0.25, -0.2) is 0 Å². The average molecular weight is 849 g/mol. The molecular weight excluding hydrogens is 817 g/mol. The number of nitriles is 4. The van der Waals surface area contributed by atoms with E-state index in [1.807, 2.05) is 36.4 Å². The zero-order valence-corrected chi connectivity index (χ0v) is 34.6. The second kappa shape index (κ2) is 13.8. The lowest BCUT2D eigenvalue weighted by atomic mass is 9.71. The summed E-state index contributed by atoms with van der Waals surface area (Å²) in [6, 6.07) is 21.8. The number of ether oxygens (including phenoxy) is 2. The largest absolute Gasteiger partial charge is 0.481 e. The third-order valence-electron chi connectivity index (χ3n) is 13.5. The molecule has 0 saturated heterocycles. The van der Waals surface area contributed by atoms with Gasteiger partial charge in [0.05, 0.1) is 37.6 Å². The summed E-state index contributed by atoms with van der Waals surface area (Å²) in [5.41, 5.74) is 4.31. The third-order valence-corrected chi connectivity index (χ3v) is 15.7. The van der Waals surface area contributed by atoms with Crippen LogP contribution in [0.2, 0.25) is 0 Å². The van der Waals surface area contributed by atoms with E-state index in [1.165, 1.54) is 46.9 Å². The molecule has 3 aromatic carbocycles. The molecule has 4 heterocycles. The van der Waals surface area contributed by atoms with Crippen LogP contribution in [-0.2, 0) is 11.2 Å². The normalized spacial score (nSPS) is 20.1. The predicted octanol–water partition coefficient (Wildman–Crippen LogP) is 10.5. The van der Waals surface area contributed by atoms with Gasteiger partial charge in [-0.1, -0.05) is 12.8 Å². The molecule has 62 heavy (non-hydrogen) atoms. The molecule has 5 aromatic rings. The van der Waals surface area contributed by atoms with E-state index in [9.17, 15) is 40.5 Å². The number of benzene rings is 3. The van der Waals surface area contributed by atoms with Crippen LogP contribution in [0.5, 0.6) is 11.5 Å². The molecule has 0 bridgehead atoms. The molecule has 11 rings (SSSR count). The topological polar surface area (TPSA) is 185 Å². The summed E-state index contributed by atoms with van der Waals surface area (Å²) in [5.74, 6) is 0.0852. The van der Waals surface area contributed by atoms with E-state index in [0.29, 0.717) is 16.2 Å². The minimum Gasteiger partial charge on any atom is -0.481 e. The maximum absolute atomic E-state index is 13.7. The Hall–Kier alpha value is -6.93. The molecule has 2 aliphatic heterocycles. The molecular formula is C50H32N4O6S2. The summed E-state index contributed by atoms with van der Waals surface area (Å²) in [4.78, 5) is 44.2. The van der Waals surface area contributed by atoms with Crippen LogP contribution in [0.1, 0.15) is 150 Å². The highest BCUT2D eigenvalue weighted by atomic mass is 32.1. The van der Waals surface area contributed by atoms with Crippen molar-refractivity contribution in [3.63, 3.8) is 0 Å². The fourth-order valence-electron chi connectivity index (χ4n) is 10.5. The predicted molar refractivity (Wildman–Crippen MR) is 229 cm³/mol. The van der Waals surface area contributed by atoms with Gasteiger partial charge in [-0.3, -0.25) is 14.4 Å². The van der Waals surface area contributed by atoms with Gasteiger partial charge in [0.25, 0.3) is 0 Å². The first-order valence-corrected chi connectivity index (χ1v) is 22.3. The number of aliphatic hydroxyl groups is 1. The minimum absolute atomic E-state index is 0.0179. The van der Waals surface area contributed by atoms with Gasteiger partial charge in [0.1, 0.15) is 53.1 Å². The Bertz CT molecular complexity index is 3120. The summed E-state index contributed by atoms with van der Waals surface area (Å²) in [5, 5.41) is 49.7. The molecule has 1 unspecified atom stereocenters. The second-order valence-electron chi connectivity index (χ2n) is 16.9. The Morgan fingerprint density at radius 1 is 0.548 bits per heavy atom. The van der Waals surface area contributed by atoms with Crippen molar-refractivity contribution < 1.29 is 29.0 Å². The first-order chi connectivity index (χ1) is 30.1. The first kappa shape index (κ1) is 38.0. The molecule has 2 fully saturated rings. The van der Waals surface area contributed by atoms with Crippen LogP contribution < -0.4 is 9.47 Å². The van der Waals surface area contributed by atoms with E-state index in [0.717, 1.165) is 107 Å². The Morgan fingerprint density at radius 2 is 0.984 bits per heavy atom. The Kier molecular flexibility index (Phi) is 8.46. The molecule has 300 valence electrons. The lowest BCUT2D eigenvalue weighted by Gasteiger charge is -2.45. The highest BCUT2D eigenvalue weighted by Crippen LogP contribution is 2.60. The number of carbonyl (C=O) groups is 3. The maximum atomic E-state index is 13.7. The van der Waals surface area contributed by atoms with Crippen molar-refractivity contribution >= 4 is 52.2 Å². The number of nitrogens with zero attached hydrogens (tertiary/aromatic N) is 4. The fraction of sp³-hybridized carbons (Fsp3) is 0.260. The fourth-order valence-corrected chi connectivity index (χ4v) is 12.6. The number of hydrogen-bond acceptors (Lipinski definition) is 12. The number of allylic oxidation sites excluding steroid dienone is 1. The second-order valence-corrected chi connectivity index (χ2v) is 19.0. The summed E-state index contributed by atoms with van der Waals surface area (Å²) in [7, 11) is 0. The number of rotatable bonds is 2. The number of ketones is 3. The molecule has 2 spiro atoms. The van der Waals surface area contributed by atoms with Crippen molar-refractivity contribution in [3.05, 3.63) is 125 Å². The van der Waals surface area contributed by atoms with Crippen LogP contribution in [0.4, 0.5) is 0 Å². The number of thiophene rings is 2. The van der Waals surface area contributed by atoms with Crippen molar-refractivity contribution in [2.45, 2.75) is 81.5 Å². The number of carbonyl (C=O) groups excluding carboxylic acids is 3. The quantitative estimate of drug-likeness (QED) is 0.132. The summed E-state index contributed by atoms with van der Waals surface area (Å²) < 4.78 is 14.2. The van der Waals surface area contributed by atoms with Crippen molar-refractivity contribution in [1.29, 1.82) is 21.0 Å². The van der Waals surface area contributed by atoms with Crippen LogP contribution in [0, 0.1) is 45.3 Å². The van der Waals surface area contributed by atoms with Gasteiger partial charge in [0, 0.05) is 54.3 Å². The molecule has 1 atom stereocenters. The Balaban J connectivity index is 1.03. The van der Waals surface area contributed by atoms with Crippen LogP contribution in [0.25, 0.3) is 33.0 Å². The van der Waals surface area contributed by atoms with Gasteiger partial charge >= 0.3 is 0 Å². The van der Waals surface area contributed by atoms with Crippen molar-refractivity contribution in [3.8, 4) is 56.7 Å². The van der Waals surface area contributed by atoms with E-state index >= 15 is 0 Å². The summed E-state index contributed by atoms with van der Waals surface area (Å²) in [6.07, 6.45) is 11.5. The molecule has 10 nitrogen and oxygen atoms in total. The highest BCUT2D eigenvalue weighted by Gasteiger charge is 2.48. The Morgan fingerprint density at radius 3 is 1.45 bits per heavy atom. The van der Waals surface area contributed by atoms with Crippen LogP contribution in [-0.4, -0.2) is 22.5 Å². The molecule has 1 N–H and O–H groups in total. The van der Waals surface area contributed by atoms with E-state index in [-0.39, 0.29) is 55.9 Å². The molecule has 0 radical (unpaired) electrons. The van der Waals surface area contributed by atoms with Crippen molar-refractivity contribution in [1.82, 2.24) is 0 Å². The molecule has 4 aliphatic carbocycles. The SMILES string of the molecule is N#Cc1cc2c(cc1C#N)C(=O)C(=Cc1cc3c(s1)-c1cc4c(cc1C1(CCCCC1)O3)-c1sc(/C=C3\C(=O)c5cc(C#N)c(C#N)cc5C3O)cc1OC41CCCCC1)C2=O. The van der Waals surface area contributed by atoms with E-state index < -0.39 is 28.9 Å². The number of Topliss-reactive ketones (excluding diaryl/α,β-unsaturated/α-hetero) is 3. The van der Waals surface area contributed by atoms with E-state index in [2.05, 4.69) is 12.1 Å². The van der Waals surface area contributed by atoms with Gasteiger partial charge < -0.3 is 14.6 Å². The zero-order valence-electron chi connectivity index (χ0n) is 33.0. The van der Waals surface area contributed by atoms with Gasteiger partial charge in [0.2, 0.25) is 0 Å². The Labute approximate surface area is 363 Å². The van der Waals surface area contributed by atoms with Crippen molar-refractivity contribution in [2.24, 2.45) is 0 Å².